The molecule has 0 saturated carbocycles. The van der Waals surface area contributed by atoms with E-state index >= 15 is 0 Å². The molecule has 2 aromatic rings. The van der Waals surface area contributed by atoms with Gasteiger partial charge >= 0.3 is 0 Å². The maximum atomic E-state index is 12.5. The Hall–Kier alpha value is -2.56. The smallest absolute Gasteiger partial charge is 0.263 e. The average Bonchev–Trinajstić information content (AvgIpc) is 2.49. The van der Waals surface area contributed by atoms with Crippen LogP contribution >= 0.6 is 0 Å². The molecule has 1 aromatic carbocycles. The second-order valence-electron chi connectivity index (χ2n) is 4.63. The molecule has 110 valence electrons. The average molecular weight is 286 g/mol. The summed E-state index contributed by atoms with van der Waals surface area (Å²) >= 11 is 0. The highest BCUT2D eigenvalue weighted by molar-refractivity contribution is 6.08. The molecular formula is C16H18N2O3. The lowest BCUT2D eigenvalue weighted by Gasteiger charge is -2.14. The molecule has 0 aliphatic carbocycles. The molecule has 1 aromatic heterocycles. The van der Waals surface area contributed by atoms with E-state index in [0.29, 0.717) is 17.1 Å². The zero-order chi connectivity index (χ0) is 15.4. The van der Waals surface area contributed by atoms with Crippen LogP contribution in [0.4, 0.5) is 5.69 Å². The number of aryl methyl sites for hydroxylation is 2. The summed E-state index contributed by atoms with van der Waals surface area (Å²) in [5, 5.41) is 2.88. The molecule has 21 heavy (non-hydrogen) atoms. The van der Waals surface area contributed by atoms with Crippen molar-refractivity contribution >= 4 is 11.6 Å². The summed E-state index contributed by atoms with van der Waals surface area (Å²) in [7, 11) is 3.04. The topological polar surface area (TPSA) is 60.5 Å². The predicted molar refractivity (Wildman–Crippen MR) is 81.2 cm³/mol. The van der Waals surface area contributed by atoms with Gasteiger partial charge in [-0.25, -0.2) is 0 Å². The lowest BCUT2D eigenvalue weighted by molar-refractivity contribution is 0.102. The number of pyridine rings is 1. The van der Waals surface area contributed by atoms with Crippen molar-refractivity contribution in [1.82, 2.24) is 4.98 Å². The highest BCUT2D eigenvalue weighted by Crippen LogP contribution is 2.29. The van der Waals surface area contributed by atoms with Gasteiger partial charge in [0, 0.05) is 17.6 Å². The molecule has 1 N–H and O–H groups in total. The van der Waals surface area contributed by atoms with Crippen molar-refractivity contribution in [3.8, 4) is 11.5 Å². The highest BCUT2D eigenvalue weighted by Gasteiger charge is 2.18. The number of amides is 1. The molecule has 5 nitrogen and oxygen atoms in total. The van der Waals surface area contributed by atoms with Crippen LogP contribution in [-0.2, 0) is 0 Å². The van der Waals surface area contributed by atoms with Crippen molar-refractivity contribution in [3.05, 3.63) is 47.3 Å². The molecule has 0 aliphatic heterocycles. The minimum absolute atomic E-state index is 0.280. The first-order valence-electron chi connectivity index (χ1n) is 6.52. The Labute approximate surface area is 123 Å². The van der Waals surface area contributed by atoms with Crippen molar-refractivity contribution in [2.45, 2.75) is 13.8 Å². The normalized spacial score (nSPS) is 10.1. The number of rotatable bonds is 4. The number of ether oxygens (including phenoxy) is 2. The van der Waals surface area contributed by atoms with Gasteiger partial charge in [0.1, 0.15) is 17.1 Å². The monoisotopic (exact) mass is 286 g/mol. The van der Waals surface area contributed by atoms with Gasteiger partial charge in [-0.1, -0.05) is 6.07 Å². The van der Waals surface area contributed by atoms with Crippen LogP contribution in [0.1, 0.15) is 21.6 Å². The number of nitrogens with one attached hydrogen (secondary N) is 1. The standard InChI is InChI=1S/C16H18N2O3/c1-10-9-17-11(2)8-12(10)18-16(19)15-13(20-3)6-5-7-14(15)21-4/h5-9H,1-4H3,(H,17,18,19). The van der Waals surface area contributed by atoms with Gasteiger partial charge < -0.3 is 14.8 Å². The summed E-state index contributed by atoms with van der Waals surface area (Å²) in [6.45, 7) is 3.76. The Bertz CT molecular complexity index is 646. The fourth-order valence-electron chi connectivity index (χ4n) is 2.02. The van der Waals surface area contributed by atoms with Gasteiger partial charge in [0.05, 0.1) is 14.2 Å². The molecule has 5 heteroatoms. The van der Waals surface area contributed by atoms with Gasteiger partial charge in [-0.3, -0.25) is 9.78 Å². The van der Waals surface area contributed by atoms with Crippen LogP contribution in [-0.4, -0.2) is 25.1 Å². The van der Waals surface area contributed by atoms with E-state index < -0.39 is 0 Å². The molecule has 1 amide bonds. The third-order valence-electron chi connectivity index (χ3n) is 3.14. The van der Waals surface area contributed by atoms with E-state index in [0.717, 1.165) is 16.9 Å². The van der Waals surface area contributed by atoms with Crippen LogP contribution < -0.4 is 14.8 Å². The molecule has 1 heterocycles. The first kappa shape index (κ1) is 14.8. The van der Waals surface area contributed by atoms with Gasteiger partial charge in [-0.15, -0.1) is 0 Å². The summed E-state index contributed by atoms with van der Waals surface area (Å²) < 4.78 is 10.5. The molecule has 0 spiro atoms. The van der Waals surface area contributed by atoms with Crippen LogP contribution in [0.5, 0.6) is 11.5 Å². The molecule has 0 saturated heterocycles. The van der Waals surface area contributed by atoms with Crippen molar-refractivity contribution in [1.29, 1.82) is 0 Å². The van der Waals surface area contributed by atoms with Crippen molar-refractivity contribution < 1.29 is 14.3 Å². The van der Waals surface area contributed by atoms with Crippen LogP contribution in [0.15, 0.2) is 30.5 Å². The van der Waals surface area contributed by atoms with Crippen LogP contribution in [0, 0.1) is 13.8 Å². The Kier molecular flexibility index (Phi) is 4.42. The SMILES string of the molecule is COc1cccc(OC)c1C(=O)Nc1cc(C)ncc1C. The molecule has 0 aliphatic rings. The van der Waals surface area contributed by atoms with E-state index in [2.05, 4.69) is 10.3 Å². The van der Waals surface area contributed by atoms with E-state index in [4.69, 9.17) is 9.47 Å². The number of hydrogen-bond donors (Lipinski definition) is 1. The van der Waals surface area contributed by atoms with E-state index in [1.165, 1.54) is 14.2 Å². The van der Waals surface area contributed by atoms with E-state index in [-0.39, 0.29) is 5.91 Å². The Balaban J connectivity index is 2.38. The summed E-state index contributed by atoms with van der Waals surface area (Å²) in [4.78, 5) is 16.7. The van der Waals surface area contributed by atoms with E-state index in [1.54, 1.807) is 24.4 Å². The largest absolute Gasteiger partial charge is 0.496 e. The zero-order valence-electron chi connectivity index (χ0n) is 12.6. The molecule has 2 rings (SSSR count). The summed E-state index contributed by atoms with van der Waals surface area (Å²) in [5.41, 5.74) is 2.82. The van der Waals surface area contributed by atoms with Gasteiger partial charge in [0.25, 0.3) is 5.91 Å². The van der Waals surface area contributed by atoms with Crippen LogP contribution in [0.25, 0.3) is 0 Å². The van der Waals surface area contributed by atoms with Crippen molar-refractivity contribution in [3.63, 3.8) is 0 Å². The van der Waals surface area contributed by atoms with Crippen molar-refractivity contribution in [2.75, 3.05) is 19.5 Å². The van der Waals surface area contributed by atoms with Crippen LogP contribution in [0.3, 0.4) is 0 Å². The van der Waals surface area contributed by atoms with Gasteiger partial charge in [0.15, 0.2) is 0 Å². The number of hydrogen-bond acceptors (Lipinski definition) is 4. The third-order valence-corrected chi connectivity index (χ3v) is 3.14. The maximum Gasteiger partial charge on any atom is 0.263 e. The summed E-state index contributed by atoms with van der Waals surface area (Å²) in [5.74, 6) is 0.656. The number of nitrogens with zero attached hydrogens (tertiary/aromatic N) is 1. The second kappa shape index (κ2) is 6.26. The lowest BCUT2D eigenvalue weighted by Crippen LogP contribution is -2.15. The van der Waals surface area contributed by atoms with Gasteiger partial charge in [-0.2, -0.15) is 0 Å². The highest BCUT2D eigenvalue weighted by atomic mass is 16.5. The minimum Gasteiger partial charge on any atom is -0.496 e. The first-order valence-corrected chi connectivity index (χ1v) is 6.52. The Morgan fingerprint density at radius 3 is 2.33 bits per heavy atom. The number of aromatic nitrogens is 1. The lowest BCUT2D eigenvalue weighted by atomic mass is 10.1. The minimum atomic E-state index is -0.280. The van der Waals surface area contributed by atoms with Crippen LogP contribution in [0.2, 0.25) is 0 Å². The zero-order valence-corrected chi connectivity index (χ0v) is 12.6. The Morgan fingerprint density at radius 1 is 1.14 bits per heavy atom. The molecular weight excluding hydrogens is 268 g/mol. The summed E-state index contributed by atoms with van der Waals surface area (Å²) in [6.07, 6.45) is 1.73. The number of benzene rings is 1. The Morgan fingerprint density at radius 2 is 1.76 bits per heavy atom. The first-order chi connectivity index (χ1) is 10.1. The third kappa shape index (κ3) is 3.13. The van der Waals surface area contributed by atoms with Gasteiger partial charge in [0.2, 0.25) is 0 Å². The fourth-order valence-corrected chi connectivity index (χ4v) is 2.02. The number of anilines is 1. The number of methoxy groups -OCH3 is 2. The van der Waals surface area contributed by atoms with E-state index in [1.807, 2.05) is 19.9 Å². The molecule has 0 radical (unpaired) electrons. The predicted octanol–water partition coefficient (Wildman–Crippen LogP) is 2.97. The fraction of sp³-hybridized carbons (Fsp3) is 0.250. The molecule has 0 bridgehead atoms. The molecule has 0 unspecified atom stereocenters. The number of carbonyl (C=O) groups is 1. The van der Waals surface area contributed by atoms with Crippen molar-refractivity contribution in [2.24, 2.45) is 0 Å². The maximum absolute atomic E-state index is 12.5. The quantitative estimate of drug-likeness (QED) is 0.938. The molecule has 0 atom stereocenters. The molecule has 0 fully saturated rings. The van der Waals surface area contributed by atoms with E-state index in [9.17, 15) is 4.79 Å². The second-order valence-corrected chi connectivity index (χ2v) is 4.63. The number of carbonyl (C=O) groups excluding carboxylic acids is 1. The summed E-state index contributed by atoms with van der Waals surface area (Å²) in [6, 6.07) is 7.05. The van der Waals surface area contributed by atoms with Gasteiger partial charge in [-0.05, 0) is 37.6 Å².